The molecule has 0 aliphatic carbocycles. The zero-order valence-corrected chi connectivity index (χ0v) is 12.7. The molecule has 0 aromatic carbocycles. The van der Waals surface area contributed by atoms with Gasteiger partial charge in [-0.3, -0.25) is 9.59 Å². The Kier molecular flexibility index (Phi) is 7.68. The largest absolute Gasteiger partial charge is 0.481 e. The maximum atomic E-state index is 11.8. The second kappa shape index (κ2) is 8.15. The zero-order chi connectivity index (χ0) is 15.1. The van der Waals surface area contributed by atoms with Crippen molar-refractivity contribution in [1.29, 1.82) is 0 Å². The van der Waals surface area contributed by atoms with Crippen molar-refractivity contribution in [3.8, 4) is 0 Å². The Balaban J connectivity index is 4.13. The van der Waals surface area contributed by atoms with Crippen LogP contribution < -0.4 is 10.6 Å². The molecular weight excluding hydrogens is 244 g/mol. The zero-order valence-electron chi connectivity index (χ0n) is 12.7. The summed E-state index contributed by atoms with van der Waals surface area (Å²) in [6.07, 6.45) is 1.67. The highest BCUT2D eigenvalue weighted by Gasteiger charge is 2.25. The lowest BCUT2D eigenvalue weighted by molar-refractivity contribution is -0.137. The number of likely N-dealkylation sites (N-methyl/N-ethyl adjacent to an activating group) is 1. The van der Waals surface area contributed by atoms with Gasteiger partial charge in [0.05, 0.1) is 5.54 Å². The van der Waals surface area contributed by atoms with Gasteiger partial charge in [0, 0.05) is 13.0 Å². The van der Waals surface area contributed by atoms with Crippen molar-refractivity contribution < 1.29 is 14.7 Å². The fourth-order valence-electron chi connectivity index (χ4n) is 1.83. The summed E-state index contributed by atoms with van der Waals surface area (Å²) in [7, 11) is 1.75. The van der Waals surface area contributed by atoms with Crippen LogP contribution >= 0.6 is 0 Å². The number of nitrogens with one attached hydrogen (secondary N) is 2. The van der Waals surface area contributed by atoms with E-state index in [2.05, 4.69) is 24.5 Å². The lowest BCUT2D eigenvalue weighted by Crippen LogP contribution is -2.51. The van der Waals surface area contributed by atoms with E-state index >= 15 is 0 Å². The van der Waals surface area contributed by atoms with Gasteiger partial charge in [-0.15, -0.1) is 0 Å². The molecule has 3 N–H and O–H groups in total. The molecular formula is C14H28N2O3. The van der Waals surface area contributed by atoms with Crippen molar-refractivity contribution in [1.82, 2.24) is 10.6 Å². The Morgan fingerprint density at radius 2 is 1.79 bits per heavy atom. The molecule has 0 aromatic heterocycles. The van der Waals surface area contributed by atoms with E-state index in [9.17, 15) is 9.59 Å². The fourth-order valence-corrected chi connectivity index (χ4v) is 1.83. The third-order valence-electron chi connectivity index (χ3n) is 3.67. The first-order valence-corrected chi connectivity index (χ1v) is 6.89. The lowest BCUT2D eigenvalue weighted by Gasteiger charge is -2.24. The monoisotopic (exact) mass is 272 g/mol. The highest BCUT2D eigenvalue weighted by molar-refractivity contribution is 5.85. The molecule has 0 aromatic rings. The van der Waals surface area contributed by atoms with Gasteiger partial charge in [0.15, 0.2) is 0 Å². The minimum atomic E-state index is -0.758. The molecule has 0 bridgehead atoms. The van der Waals surface area contributed by atoms with Crippen LogP contribution in [-0.2, 0) is 9.59 Å². The first kappa shape index (κ1) is 17.9. The standard InChI is InChI=1S/C14H28N2O3/c1-10(2)11(6-7-12(17)18)8-9-16-13(19)14(3,4)15-5/h10-11,15H,6-9H2,1-5H3,(H,16,19)(H,17,18). The van der Waals surface area contributed by atoms with Crippen LogP contribution in [0.3, 0.4) is 0 Å². The maximum absolute atomic E-state index is 11.8. The number of hydrogen-bond acceptors (Lipinski definition) is 3. The third kappa shape index (κ3) is 7.15. The van der Waals surface area contributed by atoms with Gasteiger partial charge in [0.1, 0.15) is 0 Å². The molecule has 0 spiro atoms. The minimum Gasteiger partial charge on any atom is -0.481 e. The summed E-state index contributed by atoms with van der Waals surface area (Å²) in [6.45, 7) is 8.42. The number of aliphatic carboxylic acids is 1. The molecule has 0 aliphatic heterocycles. The predicted molar refractivity (Wildman–Crippen MR) is 76.0 cm³/mol. The molecule has 0 saturated carbocycles. The molecule has 19 heavy (non-hydrogen) atoms. The Bertz CT molecular complexity index is 301. The second-order valence-corrected chi connectivity index (χ2v) is 5.86. The van der Waals surface area contributed by atoms with Crippen LogP contribution in [0.15, 0.2) is 0 Å². The predicted octanol–water partition coefficient (Wildman–Crippen LogP) is 1.63. The molecule has 0 radical (unpaired) electrons. The highest BCUT2D eigenvalue weighted by atomic mass is 16.4. The summed E-state index contributed by atoms with van der Waals surface area (Å²) < 4.78 is 0. The van der Waals surface area contributed by atoms with Gasteiger partial charge in [-0.05, 0) is 45.6 Å². The van der Waals surface area contributed by atoms with Gasteiger partial charge in [0.25, 0.3) is 0 Å². The molecule has 0 heterocycles. The molecule has 1 amide bonds. The summed E-state index contributed by atoms with van der Waals surface area (Å²) in [5, 5.41) is 14.6. The van der Waals surface area contributed by atoms with Gasteiger partial charge >= 0.3 is 5.97 Å². The lowest BCUT2D eigenvalue weighted by atomic mass is 9.88. The van der Waals surface area contributed by atoms with Crippen LogP contribution in [0.1, 0.15) is 47.0 Å². The van der Waals surface area contributed by atoms with Crippen LogP contribution in [0.5, 0.6) is 0 Å². The molecule has 0 aliphatic rings. The van der Waals surface area contributed by atoms with Crippen molar-refractivity contribution in [2.45, 2.75) is 52.5 Å². The molecule has 112 valence electrons. The Morgan fingerprint density at radius 3 is 2.21 bits per heavy atom. The summed E-state index contributed by atoms with van der Waals surface area (Å²) in [5.74, 6) is -0.0376. The SMILES string of the molecule is CNC(C)(C)C(=O)NCCC(CCC(=O)O)C(C)C. The normalized spacial score (nSPS) is 13.4. The Labute approximate surface area is 116 Å². The average molecular weight is 272 g/mol. The van der Waals surface area contributed by atoms with Gasteiger partial charge < -0.3 is 15.7 Å². The van der Waals surface area contributed by atoms with E-state index in [1.165, 1.54) is 0 Å². The van der Waals surface area contributed by atoms with E-state index in [-0.39, 0.29) is 12.3 Å². The number of hydrogen-bond donors (Lipinski definition) is 3. The fraction of sp³-hybridized carbons (Fsp3) is 0.857. The third-order valence-corrected chi connectivity index (χ3v) is 3.67. The van der Waals surface area contributed by atoms with Crippen molar-refractivity contribution in [3.63, 3.8) is 0 Å². The van der Waals surface area contributed by atoms with E-state index in [0.29, 0.717) is 24.8 Å². The van der Waals surface area contributed by atoms with E-state index < -0.39 is 11.5 Å². The second-order valence-electron chi connectivity index (χ2n) is 5.86. The molecule has 1 atom stereocenters. The van der Waals surface area contributed by atoms with E-state index in [4.69, 9.17) is 5.11 Å². The van der Waals surface area contributed by atoms with Gasteiger partial charge in [0.2, 0.25) is 5.91 Å². The number of carboxylic acids is 1. The van der Waals surface area contributed by atoms with Crippen LogP contribution in [0.4, 0.5) is 0 Å². The van der Waals surface area contributed by atoms with Gasteiger partial charge in [-0.1, -0.05) is 13.8 Å². The van der Waals surface area contributed by atoms with Crippen molar-refractivity contribution in [2.75, 3.05) is 13.6 Å². The number of rotatable bonds is 9. The molecule has 5 nitrogen and oxygen atoms in total. The first-order chi connectivity index (χ1) is 8.70. The summed E-state index contributed by atoms with van der Waals surface area (Å²) in [6, 6.07) is 0. The Hall–Kier alpha value is -1.10. The summed E-state index contributed by atoms with van der Waals surface area (Å²) >= 11 is 0. The Morgan fingerprint density at radius 1 is 1.21 bits per heavy atom. The van der Waals surface area contributed by atoms with Crippen molar-refractivity contribution in [2.24, 2.45) is 11.8 Å². The van der Waals surface area contributed by atoms with E-state index in [1.54, 1.807) is 7.05 Å². The van der Waals surface area contributed by atoms with E-state index in [1.807, 2.05) is 13.8 Å². The van der Waals surface area contributed by atoms with Crippen LogP contribution in [-0.4, -0.2) is 36.1 Å². The van der Waals surface area contributed by atoms with Crippen molar-refractivity contribution >= 4 is 11.9 Å². The molecule has 5 heteroatoms. The summed E-state index contributed by atoms with van der Waals surface area (Å²) in [4.78, 5) is 22.4. The van der Waals surface area contributed by atoms with Crippen LogP contribution in [0.25, 0.3) is 0 Å². The maximum Gasteiger partial charge on any atom is 0.303 e. The number of carboxylic acid groups (broad SMARTS) is 1. The molecule has 1 unspecified atom stereocenters. The minimum absolute atomic E-state index is 0.0317. The molecule has 0 fully saturated rings. The molecule has 0 saturated heterocycles. The van der Waals surface area contributed by atoms with Crippen LogP contribution in [0, 0.1) is 11.8 Å². The first-order valence-electron chi connectivity index (χ1n) is 6.89. The number of carbonyl (C=O) groups excluding carboxylic acids is 1. The molecule has 0 rings (SSSR count). The number of carbonyl (C=O) groups is 2. The van der Waals surface area contributed by atoms with Gasteiger partial charge in [-0.25, -0.2) is 0 Å². The average Bonchev–Trinajstić information content (AvgIpc) is 2.32. The van der Waals surface area contributed by atoms with E-state index in [0.717, 1.165) is 6.42 Å². The number of amides is 1. The quantitative estimate of drug-likeness (QED) is 0.596. The highest BCUT2D eigenvalue weighted by Crippen LogP contribution is 2.20. The topological polar surface area (TPSA) is 78.4 Å². The summed E-state index contributed by atoms with van der Waals surface area (Å²) in [5.41, 5.74) is -0.575. The smallest absolute Gasteiger partial charge is 0.303 e. The van der Waals surface area contributed by atoms with Crippen molar-refractivity contribution in [3.05, 3.63) is 0 Å². The van der Waals surface area contributed by atoms with Gasteiger partial charge in [-0.2, -0.15) is 0 Å². The van der Waals surface area contributed by atoms with Crippen LogP contribution in [0.2, 0.25) is 0 Å².